The first-order valence-electron chi connectivity index (χ1n) is 8.26. The second kappa shape index (κ2) is 5.53. The molecule has 0 bridgehead atoms. The van der Waals surface area contributed by atoms with E-state index in [9.17, 15) is 4.79 Å². The van der Waals surface area contributed by atoms with Gasteiger partial charge in [0.15, 0.2) is 0 Å². The van der Waals surface area contributed by atoms with Crippen LogP contribution >= 0.6 is 0 Å². The molecule has 4 nitrogen and oxygen atoms in total. The fraction of sp³-hybridized carbons (Fsp3) is 0.421. The maximum absolute atomic E-state index is 12.8. The topological polar surface area (TPSA) is 41.6 Å². The van der Waals surface area contributed by atoms with Gasteiger partial charge in [-0.1, -0.05) is 24.3 Å². The number of rotatable bonds is 3. The smallest absolute Gasteiger partial charge is 0.252 e. The molecular formula is C19H22N2O2. The average Bonchev–Trinajstić information content (AvgIpc) is 2.92. The average molecular weight is 310 g/mol. The van der Waals surface area contributed by atoms with E-state index in [0.717, 1.165) is 41.5 Å². The van der Waals surface area contributed by atoms with Gasteiger partial charge in [-0.05, 0) is 30.4 Å². The highest BCUT2D eigenvalue weighted by molar-refractivity contribution is 6.10. The molecule has 1 saturated heterocycles. The van der Waals surface area contributed by atoms with Crippen molar-refractivity contribution in [2.24, 2.45) is 5.92 Å². The summed E-state index contributed by atoms with van der Waals surface area (Å²) < 4.78 is 5.62. The second-order valence-corrected chi connectivity index (χ2v) is 6.75. The van der Waals surface area contributed by atoms with Gasteiger partial charge in [0.2, 0.25) is 0 Å². The van der Waals surface area contributed by atoms with Crippen LogP contribution in [0.3, 0.4) is 0 Å². The van der Waals surface area contributed by atoms with Crippen molar-refractivity contribution >= 4 is 22.4 Å². The van der Waals surface area contributed by atoms with Crippen LogP contribution in [0, 0.1) is 5.92 Å². The number of nitrogens with zero attached hydrogens (tertiary/aromatic N) is 1. The van der Waals surface area contributed by atoms with Crippen molar-refractivity contribution in [3.8, 4) is 0 Å². The molecule has 120 valence electrons. The Morgan fingerprint density at radius 2 is 1.96 bits per heavy atom. The number of ether oxygens (including phenoxy) is 1. The highest BCUT2D eigenvalue weighted by Gasteiger charge is 2.45. The van der Waals surface area contributed by atoms with Crippen LogP contribution in [0.15, 0.2) is 36.4 Å². The fourth-order valence-corrected chi connectivity index (χ4v) is 3.88. The van der Waals surface area contributed by atoms with Gasteiger partial charge in [-0.15, -0.1) is 0 Å². The second-order valence-electron chi connectivity index (χ2n) is 6.75. The van der Waals surface area contributed by atoms with Gasteiger partial charge in [0.25, 0.3) is 5.91 Å². The molecule has 0 aromatic heterocycles. The molecule has 2 aliphatic rings. The van der Waals surface area contributed by atoms with Crippen LogP contribution in [-0.2, 0) is 4.74 Å². The van der Waals surface area contributed by atoms with Gasteiger partial charge in [0.05, 0.1) is 6.10 Å². The minimum atomic E-state index is 0.0295. The quantitative estimate of drug-likeness (QED) is 0.948. The maximum atomic E-state index is 12.8. The number of amides is 1. The standard InChI is InChI=1S/C19H22N2O2/c1-21(2)17-8-7-14(12-5-3-4-6-13(12)17)19(22)20-16-11-18-15(16)9-10-23-18/h3-8,15-16,18H,9-11H2,1-2H3,(H,20,22)/t15-,16+,18+/m0/s1. The van der Waals surface area contributed by atoms with Crippen LogP contribution in [0.2, 0.25) is 0 Å². The summed E-state index contributed by atoms with van der Waals surface area (Å²) in [6.07, 6.45) is 2.38. The number of anilines is 1. The van der Waals surface area contributed by atoms with E-state index in [2.05, 4.69) is 16.3 Å². The predicted molar refractivity (Wildman–Crippen MR) is 92.0 cm³/mol. The molecule has 1 heterocycles. The first-order valence-corrected chi connectivity index (χ1v) is 8.26. The van der Waals surface area contributed by atoms with Gasteiger partial charge in [0.1, 0.15) is 0 Å². The molecule has 1 N–H and O–H groups in total. The summed E-state index contributed by atoms with van der Waals surface area (Å²) in [4.78, 5) is 14.8. The third kappa shape index (κ3) is 2.38. The number of hydrogen-bond acceptors (Lipinski definition) is 3. The van der Waals surface area contributed by atoms with Gasteiger partial charge in [-0.3, -0.25) is 4.79 Å². The molecular weight excluding hydrogens is 288 g/mol. The number of benzene rings is 2. The summed E-state index contributed by atoms with van der Waals surface area (Å²) in [5, 5.41) is 5.33. The molecule has 1 aliphatic heterocycles. The predicted octanol–water partition coefficient (Wildman–Crippen LogP) is 2.81. The van der Waals surface area contributed by atoms with E-state index in [1.54, 1.807) is 0 Å². The molecule has 1 amide bonds. The van der Waals surface area contributed by atoms with Crippen molar-refractivity contribution in [3.05, 3.63) is 42.0 Å². The maximum Gasteiger partial charge on any atom is 0.252 e. The van der Waals surface area contributed by atoms with Crippen molar-refractivity contribution in [2.45, 2.75) is 25.0 Å². The number of hydrogen-bond donors (Lipinski definition) is 1. The lowest BCUT2D eigenvalue weighted by Gasteiger charge is -2.39. The Balaban J connectivity index is 1.63. The van der Waals surface area contributed by atoms with E-state index in [-0.39, 0.29) is 11.9 Å². The highest BCUT2D eigenvalue weighted by Crippen LogP contribution is 2.39. The van der Waals surface area contributed by atoms with Crippen molar-refractivity contribution in [2.75, 3.05) is 25.6 Å². The highest BCUT2D eigenvalue weighted by atomic mass is 16.5. The lowest BCUT2D eigenvalue weighted by Crippen LogP contribution is -2.53. The van der Waals surface area contributed by atoms with Crippen LogP contribution in [0.5, 0.6) is 0 Å². The van der Waals surface area contributed by atoms with Crippen molar-refractivity contribution < 1.29 is 9.53 Å². The van der Waals surface area contributed by atoms with Gasteiger partial charge in [-0.25, -0.2) is 0 Å². The lowest BCUT2D eigenvalue weighted by molar-refractivity contribution is 0.00812. The molecule has 4 heteroatoms. The molecule has 23 heavy (non-hydrogen) atoms. The summed E-state index contributed by atoms with van der Waals surface area (Å²) in [5.74, 6) is 0.535. The van der Waals surface area contributed by atoms with E-state index in [1.807, 2.05) is 44.4 Å². The largest absolute Gasteiger partial charge is 0.378 e. The van der Waals surface area contributed by atoms with Crippen molar-refractivity contribution in [1.82, 2.24) is 5.32 Å². The molecule has 3 atom stereocenters. The van der Waals surface area contributed by atoms with Crippen LogP contribution < -0.4 is 10.2 Å². The molecule has 0 unspecified atom stereocenters. The van der Waals surface area contributed by atoms with E-state index in [0.29, 0.717) is 12.0 Å². The first-order chi connectivity index (χ1) is 11.1. The Hall–Kier alpha value is -2.07. The van der Waals surface area contributed by atoms with Crippen molar-refractivity contribution in [1.29, 1.82) is 0 Å². The summed E-state index contributed by atoms with van der Waals surface area (Å²) in [6.45, 7) is 0.835. The third-order valence-corrected chi connectivity index (χ3v) is 5.21. The van der Waals surface area contributed by atoms with Crippen LogP contribution in [0.1, 0.15) is 23.2 Å². The molecule has 2 aromatic carbocycles. The lowest BCUT2D eigenvalue weighted by atomic mass is 9.76. The molecule has 2 aromatic rings. The van der Waals surface area contributed by atoms with Crippen LogP contribution in [0.4, 0.5) is 5.69 Å². The molecule has 0 radical (unpaired) electrons. The number of carbonyl (C=O) groups is 1. The van der Waals surface area contributed by atoms with Gasteiger partial charge < -0.3 is 15.0 Å². The van der Waals surface area contributed by atoms with E-state index < -0.39 is 0 Å². The number of carbonyl (C=O) groups excluding carboxylic acids is 1. The number of nitrogens with one attached hydrogen (secondary N) is 1. The minimum Gasteiger partial charge on any atom is -0.378 e. The Morgan fingerprint density at radius 1 is 1.17 bits per heavy atom. The van der Waals surface area contributed by atoms with Crippen molar-refractivity contribution in [3.63, 3.8) is 0 Å². The summed E-state index contributed by atoms with van der Waals surface area (Å²) in [5.41, 5.74) is 1.89. The minimum absolute atomic E-state index is 0.0295. The van der Waals surface area contributed by atoms with E-state index >= 15 is 0 Å². The van der Waals surface area contributed by atoms with Gasteiger partial charge in [-0.2, -0.15) is 0 Å². The molecule has 4 rings (SSSR count). The zero-order chi connectivity index (χ0) is 16.0. The molecule has 2 fully saturated rings. The molecule has 0 spiro atoms. The Morgan fingerprint density at radius 3 is 2.70 bits per heavy atom. The summed E-state index contributed by atoms with van der Waals surface area (Å²) in [6, 6.07) is 12.3. The Labute approximate surface area is 136 Å². The fourth-order valence-electron chi connectivity index (χ4n) is 3.88. The first kappa shape index (κ1) is 14.5. The summed E-state index contributed by atoms with van der Waals surface area (Å²) in [7, 11) is 4.05. The monoisotopic (exact) mass is 310 g/mol. The van der Waals surface area contributed by atoms with Crippen LogP contribution in [-0.4, -0.2) is 38.8 Å². The molecule has 1 aliphatic carbocycles. The van der Waals surface area contributed by atoms with E-state index in [1.165, 1.54) is 0 Å². The van der Waals surface area contributed by atoms with E-state index in [4.69, 9.17) is 4.74 Å². The van der Waals surface area contributed by atoms with Crippen LogP contribution in [0.25, 0.3) is 10.8 Å². The SMILES string of the molecule is CN(C)c1ccc(C(=O)N[C@@H]2C[C@H]3OCC[C@@H]23)c2ccccc12. The zero-order valence-electron chi connectivity index (χ0n) is 13.6. The normalized spacial score (nSPS) is 25.7. The Bertz CT molecular complexity index is 756. The number of fused-ring (bicyclic) bond motifs is 2. The zero-order valence-corrected chi connectivity index (χ0v) is 13.6. The molecule has 1 saturated carbocycles. The third-order valence-electron chi connectivity index (χ3n) is 5.21. The summed E-state index contributed by atoms with van der Waals surface area (Å²) >= 11 is 0. The van der Waals surface area contributed by atoms with Gasteiger partial charge in [0, 0.05) is 49.3 Å². The van der Waals surface area contributed by atoms with Gasteiger partial charge >= 0.3 is 0 Å². The Kier molecular flexibility index (Phi) is 3.49.